The zero-order valence-corrected chi connectivity index (χ0v) is 37.1. The number of fused-ring (bicyclic) bond motifs is 5. The van der Waals surface area contributed by atoms with Gasteiger partial charge in [0.25, 0.3) is 17.9 Å². The average Bonchev–Trinajstić information content (AvgIpc) is 3.78. The van der Waals surface area contributed by atoms with Gasteiger partial charge in [-0.2, -0.15) is 19.0 Å². The first-order chi connectivity index (χ1) is 30.8. The van der Waals surface area contributed by atoms with Crippen molar-refractivity contribution in [2.45, 2.75) is 50.1 Å². The standard InChI is InChI=1S/C43H34BrClF6N8O5S/c1-57-37-31(11-10-28(45)35(37)40(55-57)56-65(62,63)13-12-20-6-8-24(64-2)9-7-20)59-41(53-29-5-3-4-27(44)34(29)42(59)61)30(16-21-14-22(46)17-23(47)15-21)52-32(60)19-58-38-33(36(54-58)39(48)49)25-18-26(25)43(38,50)51/h3-11,14-15,17,25-26,30,39H,12-13,16,18-19H2,1-2H3,(H,52,60)(H,55,56)/t25-,26+,30-/m0/s1. The first kappa shape index (κ1) is 44.3. The molecule has 1 fully saturated rings. The molecular weight excluding hydrogens is 970 g/mol. The lowest BCUT2D eigenvalue weighted by Crippen LogP contribution is -2.38. The van der Waals surface area contributed by atoms with Crippen LogP contribution in [0.5, 0.6) is 5.75 Å². The summed E-state index contributed by atoms with van der Waals surface area (Å²) in [5.41, 5.74) is -1.74. The molecule has 3 aromatic heterocycles. The highest BCUT2D eigenvalue weighted by Gasteiger charge is 2.67. The smallest absolute Gasteiger partial charge is 0.293 e. The van der Waals surface area contributed by atoms with Crippen molar-refractivity contribution in [1.82, 2.24) is 34.4 Å². The molecule has 0 unspecified atom stereocenters. The minimum atomic E-state index is -4.09. The Labute approximate surface area is 378 Å². The summed E-state index contributed by atoms with van der Waals surface area (Å²) in [5.74, 6) is -8.74. The maximum atomic E-state index is 15.5. The maximum Gasteiger partial charge on any atom is 0.293 e. The van der Waals surface area contributed by atoms with Gasteiger partial charge in [0.05, 0.1) is 51.4 Å². The van der Waals surface area contributed by atoms with Crippen LogP contribution in [0.3, 0.4) is 0 Å². The minimum Gasteiger partial charge on any atom is -0.497 e. The highest BCUT2D eigenvalue weighted by atomic mass is 79.9. The Balaban J connectivity index is 1.16. The van der Waals surface area contributed by atoms with Crippen LogP contribution in [0.25, 0.3) is 27.5 Å². The number of hydrogen-bond donors (Lipinski definition) is 2. The first-order valence-electron chi connectivity index (χ1n) is 19.9. The molecule has 1 saturated carbocycles. The number of alkyl halides is 4. The van der Waals surface area contributed by atoms with Gasteiger partial charge in [-0.15, -0.1) is 0 Å². The second kappa shape index (κ2) is 16.5. The molecule has 22 heteroatoms. The van der Waals surface area contributed by atoms with Crippen LogP contribution in [0, 0.1) is 17.6 Å². The van der Waals surface area contributed by atoms with E-state index < -0.39 is 87.7 Å². The molecule has 338 valence electrons. The predicted octanol–water partition coefficient (Wildman–Crippen LogP) is 8.40. The quantitative estimate of drug-likeness (QED) is 0.103. The van der Waals surface area contributed by atoms with Crippen molar-refractivity contribution in [2.75, 3.05) is 17.6 Å². The topological polar surface area (TPSA) is 155 Å². The molecule has 65 heavy (non-hydrogen) atoms. The normalized spacial score (nSPS) is 16.8. The largest absolute Gasteiger partial charge is 0.497 e. The van der Waals surface area contributed by atoms with Crippen LogP contribution in [0.4, 0.5) is 32.2 Å². The molecule has 2 aliphatic rings. The number of halogens is 8. The fourth-order valence-corrected chi connectivity index (χ4v) is 10.5. The number of nitrogens with one attached hydrogen (secondary N) is 2. The number of sulfonamides is 1. The lowest BCUT2D eigenvalue weighted by Gasteiger charge is -2.24. The van der Waals surface area contributed by atoms with Crippen LogP contribution in [-0.4, -0.2) is 56.3 Å². The van der Waals surface area contributed by atoms with Gasteiger partial charge in [0.2, 0.25) is 15.9 Å². The Kier molecular flexibility index (Phi) is 11.2. The Hall–Kier alpha value is -5.93. The molecule has 0 aliphatic heterocycles. The van der Waals surface area contributed by atoms with Crippen LogP contribution in [0.2, 0.25) is 5.02 Å². The molecule has 0 bridgehead atoms. The Bertz CT molecular complexity index is 3240. The van der Waals surface area contributed by atoms with E-state index in [1.807, 2.05) is 0 Å². The van der Waals surface area contributed by atoms with E-state index in [0.29, 0.717) is 26.5 Å². The number of anilines is 1. The van der Waals surface area contributed by atoms with E-state index in [9.17, 15) is 35.6 Å². The van der Waals surface area contributed by atoms with Gasteiger partial charge in [0.1, 0.15) is 41.1 Å². The van der Waals surface area contributed by atoms with Crippen molar-refractivity contribution in [2.24, 2.45) is 13.0 Å². The predicted molar refractivity (Wildman–Crippen MR) is 231 cm³/mol. The molecule has 2 N–H and O–H groups in total. The molecule has 3 heterocycles. The van der Waals surface area contributed by atoms with Crippen molar-refractivity contribution in [3.63, 3.8) is 0 Å². The minimum absolute atomic E-state index is 0.00224. The summed E-state index contributed by atoms with van der Waals surface area (Å²) < 4.78 is 127. The molecular formula is C43H34BrClF6N8O5S. The fourth-order valence-electron chi connectivity index (χ4n) is 8.65. The maximum absolute atomic E-state index is 15.5. The number of carbonyl (C=O) groups is 1. The number of ether oxygens (including phenoxy) is 1. The van der Waals surface area contributed by atoms with Crippen LogP contribution in [-0.2, 0) is 47.2 Å². The lowest BCUT2D eigenvalue weighted by molar-refractivity contribution is -0.123. The third-order valence-corrected chi connectivity index (χ3v) is 13.8. The highest BCUT2D eigenvalue weighted by molar-refractivity contribution is 9.10. The number of benzene rings is 4. The van der Waals surface area contributed by atoms with Crippen molar-refractivity contribution >= 4 is 71.1 Å². The van der Waals surface area contributed by atoms with E-state index in [2.05, 4.69) is 36.2 Å². The SMILES string of the molecule is COc1ccc(CCS(=O)(=O)Nc2nn(C)c3c(-n4c([C@H](Cc5cc(F)cc(F)c5)NC(=O)Cn5nc(C(F)F)c6c5C(F)(F)[C@@H]5C[C@H]65)nc5cccc(Br)c5c4=O)ccc(Cl)c23)cc1. The summed E-state index contributed by atoms with van der Waals surface area (Å²) >= 11 is 10.2. The summed E-state index contributed by atoms with van der Waals surface area (Å²) in [6, 6.07) is 15.4. The van der Waals surface area contributed by atoms with Gasteiger partial charge in [-0.1, -0.05) is 29.8 Å². The number of amides is 1. The fraction of sp³-hybridized carbons (Fsp3) is 0.279. The molecule has 2 aliphatic carbocycles. The monoisotopic (exact) mass is 1000 g/mol. The number of hydrogen-bond acceptors (Lipinski definition) is 8. The number of methoxy groups -OCH3 is 1. The van der Waals surface area contributed by atoms with Crippen LogP contribution in [0.1, 0.15) is 58.7 Å². The van der Waals surface area contributed by atoms with Gasteiger partial charge in [-0.25, -0.2) is 31.0 Å². The molecule has 13 nitrogen and oxygen atoms in total. The first-order valence-corrected chi connectivity index (χ1v) is 22.7. The number of aromatic nitrogens is 6. The molecule has 0 radical (unpaired) electrons. The van der Waals surface area contributed by atoms with E-state index in [-0.39, 0.29) is 73.9 Å². The van der Waals surface area contributed by atoms with Crippen molar-refractivity contribution < 1.29 is 44.3 Å². The van der Waals surface area contributed by atoms with Crippen LogP contribution < -0.4 is 20.3 Å². The van der Waals surface area contributed by atoms with Crippen molar-refractivity contribution in [3.05, 3.63) is 138 Å². The summed E-state index contributed by atoms with van der Waals surface area (Å²) in [6.45, 7) is -0.976. The highest BCUT2D eigenvalue weighted by Crippen LogP contribution is 2.68. The second-order valence-corrected chi connectivity index (χ2v) is 18.9. The van der Waals surface area contributed by atoms with Gasteiger partial charge in [0.15, 0.2) is 5.82 Å². The number of nitrogens with zero attached hydrogens (tertiary/aromatic N) is 6. The Morgan fingerprint density at radius 3 is 2.43 bits per heavy atom. The summed E-state index contributed by atoms with van der Waals surface area (Å²) in [5, 5.41) is 11.0. The van der Waals surface area contributed by atoms with E-state index in [1.54, 1.807) is 36.4 Å². The summed E-state index contributed by atoms with van der Waals surface area (Å²) in [4.78, 5) is 33.8. The molecule has 4 aromatic carbocycles. The van der Waals surface area contributed by atoms with Crippen LogP contribution in [0.15, 0.2) is 82.1 Å². The van der Waals surface area contributed by atoms with Crippen LogP contribution >= 0.6 is 27.5 Å². The Morgan fingerprint density at radius 2 is 1.74 bits per heavy atom. The van der Waals surface area contributed by atoms with E-state index >= 15 is 8.78 Å². The van der Waals surface area contributed by atoms with Gasteiger partial charge >= 0.3 is 0 Å². The number of aryl methyl sites for hydroxylation is 2. The second-order valence-electron chi connectivity index (χ2n) is 15.8. The average molecular weight is 1000 g/mol. The third kappa shape index (κ3) is 8.11. The molecule has 3 atom stereocenters. The molecule has 1 amide bonds. The molecule has 0 saturated heterocycles. The zero-order valence-electron chi connectivity index (χ0n) is 33.9. The van der Waals surface area contributed by atoms with E-state index in [4.69, 9.17) is 21.3 Å². The molecule has 9 rings (SSSR count). The Morgan fingerprint density at radius 1 is 1.02 bits per heavy atom. The number of rotatable bonds is 14. The van der Waals surface area contributed by atoms with Gasteiger partial charge in [0, 0.05) is 35.5 Å². The third-order valence-electron chi connectivity index (χ3n) is 11.6. The zero-order chi connectivity index (χ0) is 46.3. The van der Waals surface area contributed by atoms with Gasteiger partial charge < -0.3 is 10.1 Å². The van der Waals surface area contributed by atoms with Gasteiger partial charge in [-0.3, -0.25) is 28.2 Å². The van der Waals surface area contributed by atoms with Crippen molar-refractivity contribution in [1.29, 1.82) is 0 Å². The van der Waals surface area contributed by atoms with Crippen molar-refractivity contribution in [3.8, 4) is 11.4 Å². The van der Waals surface area contributed by atoms with E-state index in [0.717, 1.165) is 16.7 Å². The molecule has 0 spiro atoms. The molecule has 7 aromatic rings. The van der Waals surface area contributed by atoms with Gasteiger partial charge in [-0.05, 0) is 94.3 Å². The summed E-state index contributed by atoms with van der Waals surface area (Å²) in [6.07, 6.45) is -3.53. The summed E-state index contributed by atoms with van der Waals surface area (Å²) in [7, 11) is -1.11. The lowest BCUT2D eigenvalue weighted by atomic mass is 10.0. The number of carbonyl (C=O) groups excluding carboxylic acids is 1. The van der Waals surface area contributed by atoms with E-state index in [1.165, 1.54) is 37.0 Å².